The smallest absolute Gasteiger partial charge is 0.128 e. The Morgan fingerprint density at radius 1 is 1.23 bits per heavy atom. The van der Waals surface area contributed by atoms with Gasteiger partial charge in [-0.3, -0.25) is 0 Å². The van der Waals surface area contributed by atoms with Crippen molar-refractivity contribution >= 4 is 23.1 Å². The molecule has 2 heterocycles. The van der Waals surface area contributed by atoms with Crippen molar-refractivity contribution in [3.8, 4) is 27.6 Å². The Bertz CT molecular complexity index is 771. The van der Waals surface area contributed by atoms with Crippen LogP contribution in [0, 0.1) is 0 Å². The fourth-order valence-electron chi connectivity index (χ4n) is 2.16. The third kappa shape index (κ3) is 3.15. The lowest BCUT2D eigenvalue weighted by Crippen LogP contribution is -1.88. The van der Waals surface area contributed by atoms with Crippen molar-refractivity contribution in [2.75, 3.05) is 12.9 Å². The maximum absolute atomic E-state index is 5.42. The number of thioether (sulfide) groups is 1. The Kier molecular flexibility index (Phi) is 4.75. The van der Waals surface area contributed by atoms with Crippen molar-refractivity contribution in [1.29, 1.82) is 0 Å². The second kappa shape index (κ2) is 6.94. The standard InChI is InChI=1S/C17H16N2OS2/c1-3-21-16-10-12(8-9-18-16)17-19-14(11-22-17)13-6-4-5-7-15(13)20-2/h4-11H,3H2,1-2H3. The highest BCUT2D eigenvalue weighted by molar-refractivity contribution is 7.99. The average Bonchev–Trinajstić information content (AvgIpc) is 3.05. The number of benzene rings is 1. The van der Waals surface area contributed by atoms with E-state index in [9.17, 15) is 0 Å². The van der Waals surface area contributed by atoms with Crippen LogP contribution in [0.5, 0.6) is 5.75 Å². The summed E-state index contributed by atoms with van der Waals surface area (Å²) in [6.07, 6.45) is 1.84. The van der Waals surface area contributed by atoms with E-state index in [1.807, 2.05) is 36.5 Å². The number of para-hydroxylation sites is 1. The second-order valence-electron chi connectivity index (χ2n) is 4.55. The highest BCUT2D eigenvalue weighted by atomic mass is 32.2. The van der Waals surface area contributed by atoms with Crippen LogP contribution >= 0.6 is 23.1 Å². The number of ether oxygens (including phenoxy) is 1. The van der Waals surface area contributed by atoms with Crippen molar-refractivity contribution in [2.24, 2.45) is 0 Å². The first-order chi connectivity index (χ1) is 10.8. The summed E-state index contributed by atoms with van der Waals surface area (Å²) in [6, 6.07) is 12.1. The van der Waals surface area contributed by atoms with E-state index >= 15 is 0 Å². The molecule has 0 spiro atoms. The van der Waals surface area contributed by atoms with E-state index in [2.05, 4.69) is 23.4 Å². The first-order valence-electron chi connectivity index (χ1n) is 7.00. The predicted octanol–water partition coefficient (Wildman–Crippen LogP) is 4.99. The van der Waals surface area contributed by atoms with Crippen LogP contribution in [-0.4, -0.2) is 22.8 Å². The summed E-state index contributed by atoms with van der Waals surface area (Å²) in [5.41, 5.74) is 3.07. The number of thiazole rings is 1. The van der Waals surface area contributed by atoms with E-state index in [4.69, 9.17) is 9.72 Å². The third-order valence-corrected chi connectivity index (χ3v) is 4.86. The lowest BCUT2D eigenvalue weighted by molar-refractivity contribution is 0.416. The van der Waals surface area contributed by atoms with Crippen molar-refractivity contribution in [1.82, 2.24) is 9.97 Å². The van der Waals surface area contributed by atoms with Gasteiger partial charge < -0.3 is 4.74 Å². The van der Waals surface area contributed by atoms with E-state index < -0.39 is 0 Å². The lowest BCUT2D eigenvalue weighted by Gasteiger charge is -2.05. The number of methoxy groups -OCH3 is 1. The van der Waals surface area contributed by atoms with Crippen molar-refractivity contribution < 1.29 is 4.74 Å². The maximum Gasteiger partial charge on any atom is 0.128 e. The average molecular weight is 328 g/mol. The van der Waals surface area contributed by atoms with Crippen LogP contribution in [0.25, 0.3) is 21.8 Å². The van der Waals surface area contributed by atoms with Crippen LogP contribution in [0.2, 0.25) is 0 Å². The van der Waals surface area contributed by atoms with Gasteiger partial charge in [-0.2, -0.15) is 0 Å². The third-order valence-electron chi connectivity index (χ3n) is 3.16. The number of hydrogen-bond donors (Lipinski definition) is 0. The zero-order valence-electron chi connectivity index (χ0n) is 12.4. The van der Waals surface area contributed by atoms with Gasteiger partial charge in [-0.05, 0) is 30.0 Å². The Morgan fingerprint density at radius 3 is 2.91 bits per heavy atom. The minimum absolute atomic E-state index is 0.844. The molecule has 112 valence electrons. The first-order valence-corrected chi connectivity index (χ1v) is 8.86. The van der Waals surface area contributed by atoms with E-state index in [0.29, 0.717) is 0 Å². The van der Waals surface area contributed by atoms with Gasteiger partial charge in [0, 0.05) is 22.7 Å². The molecule has 3 nitrogen and oxygen atoms in total. The zero-order chi connectivity index (χ0) is 15.4. The zero-order valence-corrected chi connectivity index (χ0v) is 14.1. The fourth-order valence-corrected chi connectivity index (χ4v) is 3.61. The number of hydrogen-bond acceptors (Lipinski definition) is 5. The first kappa shape index (κ1) is 15.1. The molecule has 3 rings (SSSR count). The fraction of sp³-hybridized carbons (Fsp3) is 0.176. The van der Waals surface area contributed by atoms with Gasteiger partial charge in [-0.15, -0.1) is 23.1 Å². The van der Waals surface area contributed by atoms with Crippen molar-refractivity contribution in [3.63, 3.8) is 0 Å². The SMILES string of the molecule is CCSc1cc(-c2nc(-c3ccccc3OC)cs2)ccn1. The molecule has 0 aliphatic rings. The Hall–Kier alpha value is -1.85. The van der Waals surface area contributed by atoms with Gasteiger partial charge in [0.1, 0.15) is 10.8 Å². The molecule has 5 heteroatoms. The Morgan fingerprint density at radius 2 is 2.09 bits per heavy atom. The lowest BCUT2D eigenvalue weighted by atomic mass is 10.1. The summed E-state index contributed by atoms with van der Waals surface area (Å²) in [5, 5.41) is 4.11. The normalized spacial score (nSPS) is 10.6. The van der Waals surface area contributed by atoms with Crippen LogP contribution < -0.4 is 4.74 Å². The molecule has 0 radical (unpaired) electrons. The summed E-state index contributed by atoms with van der Waals surface area (Å²) in [6.45, 7) is 2.13. The predicted molar refractivity (Wildman–Crippen MR) is 93.7 cm³/mol. The number of nitrogens with zero attached hydrogens (tertiary/aromatic N) is 2. The molecule has 0 N–H and O–H groups in total. The highest BCUT2D eigenvalue weighted by Crippen LogP contribution is 2.34. The minimum atomic E-state index is 0.844. The molecular weight excluding hydrogens is 312 g/mol. The molecule has 0 atom stereocenters. The van der Waals surface area contributed by atoms with Gasteiger partial charge in [0.2, 0.25) is 0 Å². The van der Waals surface area contributed by atoms with Gasteiger partial charge in [0.25, 0.3) is 0 Å². The molecule has 0 bridgehead atoms. The summed E-state index contributed by atoms with van der Waals surface area (Å²) < 4.78 is 5.42. The molecule has 0 saturated heterocycles. The van der Waals surface area contributed by atoms with Gasteiger partial charge in [-0.1, -0.05) is 19.1 Å². The molecular formula is C17H16N2OS2. The summed E-state index contributed by atoms with van der Waals surface area (Å²) in [7, 11) is 1.68. The Balaban J connectivity index is 1.95. The molecule has 0 aliphatic heterocycles. The monoisotopic (exact) mass is 328 g/mol. The number of aromatic nitrogens is 2. The Labute approximate surface area is 138 Å². The topological polar surface area (TPSA) is 35.0 Å². The molecule has 0 aliphatic carbocycles. The molecule has 3 aromatic rings. The molecule has 22 heavy (non-hydrogen) atoms. The van der Waals surface area contributed by atoms with Gasteiger partial charge in [0.15, 0.2) is 0 Å². The van der Waals surface area contributed by atoms with Crippen molar-refractivity contribution in [2.45, 2.75) is 11.9 Å². The number of pyridine rings is 1. The molecule has 0 saturated carbocycles. The largest absolute Gasteiger partial charge is 0.496 e. The maximum atomic E-state index is 5.42. The van der Waals surface area contributed by atoms with E-state index in [-0.39, 0.29) is 0 Å². The minimum Gasteiger partial charge on any atom is -0.496 e. The van der Waals surface area contributed by atoms with Crippen molar-refractivity contribution in [3.05, 3.63) is 48.0 Å². The van der Waals surface area contributed by atoms with Crippen LogP contribution in [0.3, 0.4) is 0 Å². The van der Waals surface area contributed by atoms with E-state index in [1.54, 1.807) is 30.2 Å². The summed E-state index contributed by atoms with van der Waals surface area (Å²) >= 11 is 3.38. The molecule has 2 aromatic heterocycles. The van der Waals surface area contributed by atoms with Gasteiger partial charge >= 0.3 is 0 Å². The van der Waals surface area contributed by atoms with Crippen LogP contribution in [0.15, 0.2) is 53.0 Å². The quantitative estimate of drug-likeness (QED) is 0.618. The van der Waals surface area contributed by atoms with Gasteiger partial charge in [0.05, 0.1) is 17.8 Å². The second-order valence-corrected chi connectivity index (χ2v) is 6.70. The van der Waals surface area contributed by atoms with E-state index in [1.165, 1.54) is 0 Å². The number of rotatable bonds is 5. The van der Waals surface area contributed by atoms with Crippen LogP contribution in [0.1, 0.15) is 6.92 Å². The molecule has 0 unspecified atom stereocenters. The van der Waals surface area contributed by atoms with Gasteiger partial charge in [-0.25, -0.2) is 9.97 Å². The highest BCUT2D eigenvalue weighted by Gasteiger charge is 2.11. The molecule has 1 aromatic carbocycles. The summed E-state index contributed by atoms with van der Waals surface area (Å²) in [5.74, 6) is 1.86. The van der Waals surface area contributed by atoms with E-state index in [0.717, 1.165) is 38.4 Å². The molecule has 0 amide bonds. The van der Waals surface area contributed by atoms with Crippen LogP contribution in [-0.2, 0) is 0 Å². The molecule has 0 fully saturated rings. The summed E-state index contributed by atoms with van der Waals surface area (Å²) in [4.78, 5) is 9.13. The van der Waals surface area contributed by atoms with Crippen LogP contribution in [0.4, 0.5) is 0 Å².